The Bertz CT molecular complexity index is 1320. The van der Waals surface area contributed by atoms with E-state index >= 15 is 0 Å². The second kappa shape index (κ2) is 13.1. The molecule has 0 N–H and O–H groups in total. The van der Waals surface area contributed by atoms with E-state index in [9.17, 15) is 9.59 Å². The molecule has 0 aliphatic rings. The van der Waals surface area contributed by atoms with E-state index in [0.717, 1.165) is 22.6 Å². The molecule has 38 heavy (non-hydrogen) atoms. The van der Waals surface area contributed by atoms with E-state index in [4.69, 9.17) is 4.74 Å². The van der Waals surface area contributed by atoms with Crippen LogP contribution in [0.2, 0.25) is 0 Å². The third-order valence-corrected chi connectivity index (χ3v) is 7.12. The maximum Gasteiger partial charge on any atom is 0.264 e. The van der Waals surface area contributed by atoms with Gasteiger partial charge in [0.05, 0.1) is 18.5 Å². The first-order valence-electron chi connectivity index (χ1n) is 12.8. The molecule has 0 spiro atoms. The van der Waals surface area contributed by atoms with Crippen molar-refractivity contribution in [1.82, 2.24) is 14.4 Å². The van der Waals surface area contributed by atoms with Crippen LogP contribution in [-0.4, -0.2) is 46.4 Å². The normalized spacial score (nSPS) is 10.9. The number of hydrogen-bond donors (Lipinski definition) is 0. The number of nitrogens with zero attached hydrogens (tertiary/aromatic N) is 3. The van der Waals surface area contributed by atoms with Gasteiger partial charge < -0.3 is 19.1 Å². The molecule has 0 aliphatic heterocycles. The van der Waals surface area contributed by atoms with Gasteiger partial charge in [0, 0.05) is 31.5 Å². The Morgan fingerprint density at radius 3 is 2.39 bits per heavy atom. The largest absolute Gasteiger partial charge is 0.497 e. The molecule has 4 rings (SSSR count). The van der Waals surface area contributed by atoms with Crippen molar-refractivity contribution in [3.05, 3.63) is 112 Å². The number of hydrogen-bond acceptors (Lipinski definition) is 4. The number of amides is 2. The van der Waals surface area contributed by atoms with Crippen molar-refractivity contribution < 1.29 is 14.3 Å². The van der Waals surface area contributed by atoms with Gasteiger partial charge in [-0.1, -0.05) is 62.4 Å². The number of ether oxygens (including phenoxy) is 1. The lowest BCUT2D eigenvalue weighted by Gasteiger charge is -2.29. The van der Waals surface area contributed by atoms with E-state index in [-0.39, 0.29) is 24.3 Å². The third-order valence-electron chi connectivity index (χ3n) is 6.26. The van der Waals surface area contributed by atoms with E-state index < -0.39 is 0 Å². The van der Waals surface area contributed by atoms with E-state index in [1.54, 1.807) is 12.0 Å². The van der Waals surface area contributed by atoms with Crippen LogP contribution in [0, 0.1) is 5.92 Å². The number of benzene rings is 2. The minimum absolute atomic E-state index is 0.0400. The molecule has 0 atom stereocenters. The highest BCUT2D eigenvalue weighted by Crippen LogP contribution is 2.18. The van der Waals surface area contributed by atoms with Gasteiger partial charge in [-0.25, -0.2) is 0 Å². The quantitative estimate of drug-likeness (QED) is 0.228. The van der Waals surface area contributed by atoms with Crippen LogP contribution in [0.15, 0.2) is 90.4 Å². The monoisotopic (exact) mass is 529 g/mol. The molecule has 2 heterocycles. The van der Waals surface area contributed by atoms with Gasteiger partial charge in [-0.05, 0) is 52.8 Å². The molecule has 0 saturated carbocycles. The first kappa shape index (κ1) is 27.2. The molecule has 6 nitrogen and oxygen atoms in total. The zero-order valence-electron chi connectivity index (χ0n) is 22.2. The van der Waals surface area contributed by atoms with E-state index in [0.29, 0.717) is 31.1 Å². The first-order valence-corrected chi connectivity index (χ1v) is 13.7. The molecule has 0 radical (unpaired) electrons. The van der Waals surface area contributed by atoms with Crippen molar-refractivity contribution in [2.45, 2.75) is 33.5 Å². The van der Waals surface area contributed by atoms with Crippen molar-refractivity contribution in [3.8, 4) is 5.75 Å². The number of aromatic nitrogens is 1. The van der Waals surface area contributed by atoms with Gasteiger partial charge in [-0.15, -0.1) is 11.3 Å². The molecule has 2 aromatic heterocycles. The SMILES string of the molecule is COc1cccc(Cn2cccc2CN(Cc2ccccc2)C(=O)CN(CC(C)C)C(=O)c2cccs2)c1. The molecular weight excluding hydrogens is 494 g/mol. The second-order valence-electron chi connectivity index (χ2n) is 9.77. The summed E-state index contributed by atoms with van der Waals surface area (Å²) in [6, 6.07) is 25.7. The molecule has 0 unspecified atom stereocenters. The molecule has 0 aliphatic carbocycles. The summed E-state index contributed by atoms with van der Waals surface area (Å²) < 4.78 is 7.54. The van der Waals surface area contributed by atoms with E-state index in [2.05, 4.69) is 24.5 Å². The third kappa shape index (κ3) is 7.35. The van der Waals surface area contributed by atoms with Crippen LogP contribution in [-0.2, 0) is 24.4 Å². The van der Waals surface area contributed by atoms with Crippen LogP contribution < -0.4 is 4.74 Å². The van der Waals surface area contributed by atoms with Crippen LogP contribution >= 0.6 is 11.3 Å². The van der Waals surface area contributed by atoms with Crippen molar-refractivity contribution in [2.75, 3.05) is 20.2 Å². The van der Waals surface area contributed by atoms with Crippen LogP contribution in [0.3, 0.4) is 0 Å². The Labute approximate surface area is 229 Å². The number of carbonyl (C=O) groups excluding carboxylic acids is 2. The summed E-state index contributed by atoms with van der Waals surface area (Å²) in [7, 11) is 1.67. The molecule has 2 aromatic carbocycles. The second-order valence-corrected chi connectivity index (χ2v) is 10.7. The van der Waals surface area contributed by atoms with Crippen molar-refractivity contribution in [3.63, 3.8) is 0 Å². The number of thiophene rings is 1. The molecule has 198 valence electrons. The van der Waals surface area contributed by atoms with Gasteiger partial charge in [0.25, 0.3) is 5.91 Å². The fraction of sp³-hybridized carbons (Fsp3) is 0.290. The van der Waals surface area contributed by atoms with Gasteiger partial charge >= 0.3 is 0 Å². The first-order chi connectivity index (χ1) is 18.4. The maximum atomic E-state index is 13.8. The predicted molar refractivity (Wildman–Crippen MR) is 152 cm³/mol. The average Bonchev–Trinajstić information content (AvgIpc) is 3.61. The van der Waals surface area contributed by atoms with Gasteiger partial charge in [0.15, 0.2) is 0 Å². The minimum Gasteiger partial charge on any atom is -0.497 e. The minimum atomic E-state index is -0.0943. The summed E-state index contributed by atoms with van der Waals surface area (Å²) in [5.41, 5.74) is 3.19. The van der Waals surface area contributed by atoms with Crippen LogP contribution in [0.5, 0.6) is 5.75 Å². The molecule has 0 bridgehead atoms. The Hall–Kier alpha value is -3.84. The van der Waals surface area contributed by atoms with E-state index in [1.807, 2.05) is 89.3 Å². The highest BCUT2D eigenvalue weighted by molar-refractivity contribution is 7.12. The fourth-order valence-corrected chi connectivity index (χ4v) is 5.12. The van der Waals surface area contributed by atoms with Crippen LogP contribution in [0.25, 0.3) is 0 Å². The summed E-state index contributed by atoms with van der Waals surface area (Å²) >= 11 is 1.41. The molecule has 0 saturated heterocycles. The van der Waals surface area contributed by atoms with E-state index in [1.165, 1.54) is 11.3 Å². The van der Waals surface area contributed by atoms with Gasteiger partial charge in [-0.2, -0.15) is 0 Å². The highest BCUT2D eigenvalue weighted by atomic mass is 32.1. The fourth-order valence-electron chi connectivity index (χ4n) is 4.43. The molecule has 0 fully saturated rings. The molecule has 4 aromatic rings. The maximum absolute atomic E-state index is 13.8. The summed E-state index contributed by atoms with van der Waals surface area (Å²) in [5.74, 6) is 0.892. The van der Waals surface area contributed by atoms with Crippen molar-refractivity contribution in [1.29, 1.82) is 0 Å². The lowest BCUT2D eigenvalue weighted by molar-refractivity contribution is -0.133. The number of methoxy groups -OCH3 is 1. The summed E-state index contributed by atoms with van der Waals surface area (Å²) in [5, 5.41) is 1.89. The van der Waals surface area contributed by atoms with Crippen LogP contribution in [0.4, 0.5) is 0 Å². The van der Waals surface area contributed by atoms with Gasteiger partial charge in [0.1, 0.15) is 12.3 Å². The van der Waals surface area contributed by atoms with Gasteiger partial charge in [-0.3, -0.25) is 9.59 Å². The van der Waals surface area contributed by atoms with Crippen molar-refractivity contribution >= 4 is 23.2 Å². The lowest BCUT2D eigenvalue weighted by atomic mass is 10.2. The standard InChI is InChI=1S/C31H35N3O3S/c1-24(2)19-34(31(36)29-15-9-17-38-29)23-30(35)33(20-25-10-5-4-6-11-25)22-27-13-8-16-32(27)21-26-12-7-14-28(18-26)37-3/h4-18,24H,19-23H2,1-3H3. The lowest BCUT2D eigenvalue weighted by Crippen LogP contribution is -2.43. The Morgan fingerprint density at radius 2 is 1.68 bits per heavy atom. The summed E-state index contributed by atoms with van der Waals surface area (Å²) in [4.78, 5) is 31.2. The topological polar surface area (TPSA) is 54.8 Å². The van der Waals surface area contributed by atoms with Crippen LogP contribution in [0.1, 0.15) is 40.3 Å². The molecule has 2 amide bonds. The summed E-state index contributed by atoms with van der Waals surface area (Å²) in [6.07, 6.45) is 2.03. The summed E-state index contributed by atoms with van der Waals surface area (Å²) in [6.45, 7) is 6.26. The molecular formula is C31H35N3O3S. The Balaban J connectivity index is 1.56. The highest BCUT2D eigenvalue weighted by Gasteiger charge is 2.24. The Kier molecular flexibility index (Phi) is 9.38. The zero-order valence-corrected chi connectivity index (χ0v) is 23.1. The number of carbonyl (C=O) groups is 2. The molecule has 7 heteroatoms. The number of rotatable bonds is 12. The zero-order chi connectivity index (χ0) is 26.9. The van der Waals surface area contributed by atoms with Gasteiger partial charge in [0.2, 0.25) is 5.91 Å². The predicted octanol–water partition coefficient (Wildman–Crippen LogP) is 5.93. The Morgan fingerprint density at radius 1 is 0.895 bits per heavy atom. The van der Waals surface area contributed by atoms with Crippen molar-refractivity contribution in [2.24, 2.45) is 5.92 Å². The smallest absolute Gasteiger partial charge is 0.264 e. The average molecular weight is 530 g/mol.